The number of benzene rings is 1. The third-order valence-electron chi connectivity index (χ3n) is 3.36. The second-order valence-corrected chi connectivity index (χ2v) is 4.66. The van der Waals surface area contributed by atoms with Gasteiger partial charge in [-0.1, -0.05) is 12.1 Å². The lowest BCUT2D eigenvalue weighted by molar-refractivity contribution is 0.213. The summed E-state index contributed by atoms with van der Waals surface area (Å²) in [5.41, 5.74) is 6.66. The predicted octanol–water partition coefficient (Wildman–Crippen LogP) is 2.52. The molecule has 19 heavy (non-hydrogen) atoms. The molecule has 1 atom stereocenters. The van der Waals surface area contributed by atoms with E-state index in [-0.39, 0.29) is 0 Å². The van der Waals surface area contributed by atoms with Gasteiger partial charge in [-0.05, 0) is 38.1 Å². The van der Waals surface area contributed by atoms with E-state index in [1.54, 1.807) is 12.1 Å². The van der Waals surface area contributed by atoms with Gasteiger partial charge < -0.3 is 15.4 Å². The zero-order valence-corrected chi connectivity index (χ0v) is 11.2. The summed E-state index contributed by atoms with van der Waals surface area (Å²) in [5.74, 6) is 0.579. The molecule has 100 valence electrons. The van der Waals surface area contributed by atoms with Crippen molar-refractivity contribution in [1.82, 2.24) is 4.90 Å². The standard InChI is InChI=1S/C15H19N3O/c1-2-8-18-9-4-5-12(18)11-19-15-7-3-6-14(17)13(15)10-16/h2-3,6-8,12H,4-5,9,11,17H2,1H3/t12-/m0/s1. The molecule has 0 saturated carbocycles. The normalized spacial score (nSPS) is 18.7. The van der Waals surface area contributed by atoms with Gasteiger partial charge in [0.2, 0.25) is 0 Å². The highest BCUT2D eigenvalue weighted by molar-refractivity contribution is 5.60. The maximum atomic E-state index is 9.10. The summed E-state index contributed by atoms with van der Waals surface area (Å²) >= 11 is 0. The quantitative estimate of drug-likeness (QED) is 0.842. The SMILES string of the molecule is CC=CN1CCC[C@H]1COc1cccc(N)c1C#N. The Balaban J connectivity index is 2.03. The maximum Gasteiger partial charge on any atom is 0.139 e. The molecule has 4 nitrogen and oxygen atoms in total. The fraction of sp³-hybridized carbons (Fsp3) is 0.400. The fourth-order valence-electron chi connectivity index (χ4n) is 2.40. The average molecular weight is 257 g/mol. The first-order valence-corrected chi connectivity index (χ1v) is 6.56. The molecule has 0 radical (unpaired) electrons. The van der Waals surface area contributed by atoms with Crippen molar-refractivity contribution in [2.45, 2.75) is 25.8 Å². The van der Waals surface area contributed by atoms with Crippen molar-refractivity contribution in [2.75, 3.05) is 18.9 Å². The molecule has 1 aromatic carbocycles. The molecule has 1 aliphatic rings. The smallest absolute Gasteiger partial charge is 0.139 e. The van der Waals surface area contributed by atoms with Crippen molar-refractivity contribution in [3.8, 4) is 11.8 Å². The molecule has 0 aliphatic carbocycles. The van der Waals surface area contributed by atoms with E-state index in [4.69, 9.17) is 15.7 Å². The van der Waals surface area contributed by atoms with Gasteiger partial charge >= 0.3 is 0 Å². The van der Waals surface area contributed by atoms with Crippen LogP contribution in [0.2, 0.25) is 0 Å². The maximum absolute atomic E-state index is 9.10. The Kier molecular flexibility index (Phi) is 4.30. The molecule has 1 fully saturated rings. The van der Waals surface area contributed by atoms with Crippen molar-refractivity contribution in [3.05, 3.63) is 36.0 Å². The van der Waals surface area contributed by atoms with Crippen LogP contribution in [0.1, 0.15) is 25.3 Å². The Hall–Kier alpha value is -2.15. The Bertz CT molecular complexity index is 505. The third kappa shape index (κ3) is 3.00. The van der Waals surface area contributed by atoms with E-state index in [1.165, 1.54) is 6.42 Å². The van der Waals surface area contributed by atoms with Crippen molar-refractivity contribution in [3.63, 3.8) is 0 Å². The first-order valence-electron chi connectivity index (χ1n) is 6.56. The molecule has 4 heteroatoms. The number of nitrogen functional groups attached to an aromatic ring is 1. The molecule has 1 aliphatic heterocycles. The molecule has 0 unspecified atom stereocenters. The van der Waals surface area contributed by atoms with Crippen LogP contribution in [0.3, 0.4) is 0 Å². The van der Waals surface area contributed by atoms with E-state index < -0.39 is 0 Å². The molecule has 0 aromatic heterocycles. The Morgan fingerprint density at radius 3 is 3.16 bits per heavy atom. The lowest BCUT2D eigenvalue weighted by Crippen LogP contribution is -2.30. The summed E-state index contributed by atoms with van der Waals surface area (Å²) in [4.78, 5) is 2.29. The second-order valence-electron chi connectivity index (χ2n) is 4.66. The summed E-state index contributed by atoms with van der Waals surface area (Å²) in [6, 6.07) is 7.80. The highest BCUT2D eigenvalue weighted by Crippen LogP contribution is 2.25. The monoisotopic (exact) mass is 257 g/mol. The molecule has 0 spiro atoms. The molecule has 2 rings (SSSR count). The van der Waals surface area contributed by atoms with Gasteiger partial charge in [0.05, 0.1) is 11.7 Å². The number of nitriles is 1. The molecule has 0 amide bonds. The van der Waals surface area contributed by atoms with E-state index >= 15 is 0 Å². The summed E-state index contributed by atoms with van der Waals surface area (Å²) in [7, 11) is 0. The van der Waals surface area contributed by atoms with Crippen molar-refractivity contribution in [2.24, 2.45) is 0 Å². The number of hydrogen-bond donors (Lipinski definition) is 1. The van der Waals surface area contributed by atoms with Crippen LogP contribution in [0.5, 0.6) is 5.75 Å². The van der Waals surface area contributed by atoms with E-state index in [0.717, 1.165) is 13.0 Å². The number of hydrogen-bond acceptors (Lipinski definition) is 4. The van der Waals surface area contributed by atoms with Gasteiger partial charge in [-0.25, -0.2) is 0 Å². The van der Waals surface area contributed by atoms with Crippen LogP contribution in [-0.2, 0) is 0 Å². The Morgan fingerprint density at radius 1 is 1.58 bits per heavy atom. The van der Waals surface area contributed by atoms with Gasteiger partial charge in [0.25, 0.3) is 0 Å². The van der Waals surface area contributed by atoms with Gasteiger partial charge in [-0.3, -0.25) is 0 Å². The van der Waals surface area contributed by atoms with Crippen molar-refractivity contribution < 1.29 is 4.74 Å². The number of nitrogens with zero attached hydrogens (tertiary/aromatic N) is 2. The van der Waals surface area contributed by atoms with Gasteiger partial charge in [0.15, 0.2) is 0 Å². The molecule has 1 aromatic rings. The number of ether oxygens (including phenoxy) is 1. The van der Waals surface area contributed by atoms with Crippen LogP contribution in [-0.4, -0.2) is 24.1 Å². The summed E-state index contributed by atoms with van der Waals surface area (Å²) in [5, 5.41) is 9.10. The number of likely N-dealkylation sites (tertiary alicyclic amines) is 1. The van der Waals surface area contributed by atoms with E-state index in [9.17, 15) is 0 Å². The minimum absolute atomic E-state index is 0.379. The van der Waals surface area contributed by atoms with Gasteiger partial charge in [0, 0.05) is 6.54 Å². The van der Waals surface area contributed by atoms with Crippen LogP contribution < -0.4 is 10.5 Å². The van der Waals surface area contributed by atoms with Gasteiger partial charge in [-0.15, -0.1) is 0 Å². The van der Waals surface area contributed by atoms with E-state index in [1.807, 2.05) is 19.1 Å². The van der Waals surface area contributed by atoms with E-state index in [0.29, 0.717) is 29.6 Å². The molecular weight excluding hydrogens is 238 g/mol. The lowest BCUT2D eigenvalue weighted by Gasteiger charge is -2.23. The van der Waals surface area contributed by atoms with Crippen LogP contribution in [0.25, 0.3) is 0 Å². The number of nitrogens with two attached hydrogens (primary N) is 1. The molecule has 0 bridgehead atoms. The van der Waals surface area contributed by atoms with Crippen LogP contribution in [0.4, 0.5) is 5.69 Å². The largest absolute Gasteiger partial charge is 0.490 e. The van der Waals surface area contributed by atoms with Crippen LogP contribution in [0, 0.1) is 11.3 Å². The Labute approximate surface area is 114 Å². The summed E-state index contributed by atoms with van der Waals surface area (Å²) in [6.45, 7) is 3.67. The average Bonchev–Trinajstić information content (AvgIpc) is 2.84. The first-order chi connectivity index (χ1) is 9.26. The predicted molar refractivity (Wildman–Crippen MR) is 75.6 cm³/mol. The molecule has 2 N–H and O–H groups in total. The number of allylic oxidation sites excluding steroid dienone is 1. The van der Waals surface area contributed by atoms with E-state index in [2.05, 4.69) is 17.2 Å². The zero-order valence-electron chi connectivity index (χ0n) is 11.2. The van der Waals surface area contributed by atoms with Crippen LogP contribution in [0.15, 0.2) is 30.5 Å². The number of rotatable bonds is 4. The minimum Gasteiger partial charge on any atom is -0.490 e. The topological polar surface area (TPSA) is 62.3 Å². The minimum atomic E-state index is 0.379. The van der Waals surface area contributed by atoms with Gasteiger partial charge in [-0.2, -0.15) is 5.26 Å². The molecular formula is C15H19N3O. The third-order valence-corrected chi connectivity index (χ3v) is 3.36. The molecule has 1 saturated heterocycles. The second kappa shape index (κ2) is 6.14. The Morgan fingerprint density at radius 2 is 2.42 bits per heavy atom. The lowest BCUT2D eigenvalue weighted by atomic mass is 10.2. The highest BCUT2D eigenvalue weighted by atomic mass is 16.5. The van der Waals surface area contributed by atoms with Crippen molar-refractivity contribution in [1.29, 1.82) is 5.26 Å². The number of anilines is 1. The highest BCUT2D eigenvalue weighted by Gasteiger charge is 2.22. The fourth-order valence-corrected chi connectivity index (χ4v) is 2.40. The van der Waals surface area contributed by atoms with Gasteiger partial charge in [0.1, 0.15) is 24.0 Å². The van der Waals surface area contributed by atoms with Crippen molar-refractivity contribution >= 4 is 5.69 Å². The molecule has 1 heterocycles. The summed E-state index contributed by atoms with van der Waals surface area (Å²) < 4.78 is 5.79. The zero-order chi connectivity index (χ0) is 13.7. The first kappa shape index (κ1) is 13.3. The summed E-state index contributed by atoms with van der Waals surface area (Å²) in [6.07, 6.45) is 6.44. The van der Waals surface area contributed by atoms with Crippen LogP contribution >= 0.6 is 0 Å².